The van der Waals surface area contributed by atoms with Gasteiger partial charge in [0.2, 0.25) is 11.6 Å². The lowest BCUT2D eigenvalue weighted by molar-refractivity contribution is 0.405. The number of halogens is 4. The Bertz CT molecular complexity index is 565. The predicted molar refractivity (Wildman–Crippen MR) is 61.6 cm³/mol. The summed E-state index contributed by atoms with van der Waals surface area (Å²) in [4.78, 5) is 3.24. The monoisotopic (exact) mass is 300 g/mol. The zero-order chi connectivity index (χ0) is 15.0. The zero-order valence-corrected chi connectivity index (χ0v) is 11.2. The van der Waals surface area contributed by atoms with Crippen LogP contribution < -0.4 is 4.90 Å². The van der Waals surface area contributed by atoms with E-state index in [-0.39, 0.29) is 0 Å². The molecule has 0 saturated carbocycles. The van der Waals surface area contributed by atoms with Crippen LogP contribution in [0.4, 0.5) is 23.2 Å². The van der Waals surface area contributed by atoms with Crippen LogP contribution in [-0.4, -0.2) is 38.5 Å². The Kier molecular flexibility index (Phi) is 4.39. The number of nitrogens with zero attached hydrogens (tertiary/aromatic N) is 2. The molecular weight excluding hydrogens is 288 g/mol. The summed E-state index contributed by atoms with van der Waals surface area (Å²) in [6.45, 7) is 1.36. The number of rotatable bonds is 4. The first kappa shape index (κ1) is 15.7. The van der Waals surface area contributed by atoms with Gasteiger partial charge in [-0.1, -0.05) is 0 Å². The van der Waals surface area contributed by atoms with E-state index in [2.05, 4.69) is 4.98 Å². The SMILES string of the molecule is CC(CS(C)(=O)=O)N(C)c1c(F)c(F)nc(F)c1F. The van der Waals surface area contributed by atoms with Gasteiger partial charge in [0.05, 0.1) is 5.75 Å². The Labute approximate surface area is 108 Å². The highest BCUT2D eigenvalue weighted by atomic mass is 32.2. The van der Waals surface area contributed by atoms with E-state index >= 15 is 0 Å². The van der Waals surface area contributed by atoms with Gasteiger partial charge < -0.3 is 4.90 Å². The molecule has 0 fully saturated rings. The summed E-state index contributed by atoms with van der Waals surface area (Å²) in [5, 5.41) is 0. The van der Waals surface area contributed by atoms with E-state index in [0.717, 1.165) is 18.2 Å². The van der Waals surface area contributed by atoms with Gasteiger partial charge in [-0.15, -0.1) is 0 Å². The second-order valence-electron chi connectivity index (χ2n) is 4.22. The molecule has 1 rings (SSSR count). The first-order valence-corrected chi connectivity index (χ1v) is 7.21. The van der Waals surface area contributed by atoms with Gasteiger partial charge in [-0.25, -0.2) is 8.42 Å². The van der Waals surface area contributed by atoms with E-state index in [1.165, 1.54) is 6.92 Å². The molecule has 1 unspecified atom stereocenters. The van der Waals surface area contributed by atoms with Crippen LogP contribution in [0.1, 0.15) is 6.92 Å². The van der Waals surface area contributed by atoms with Crippen molar-refractivity contribution in [1.29, 1.82) is 0 Å². The average Bonchev–Trinajstić information content (AvgIpc) is 2.24. The van der Waals surface area contributed by atoms with Crippen LogP contribution >= 0.6 is 0 Å². The van der Waals surface area contributed by atoms with Crippen molar-refractivity contribution in [1.82, 2.24) is 4.98 Å². The smallest absolute Gasteiger partial charge is 0.253 e. The fraction of sp³-hybridized carbons (Fsp3) is 0.500. The van der Waals surface area contributed by atoms with Gasteiger partial charge in [-0.3, -0.25) is 0 Å². The van der Waals surface area contributed by atoms with Crippen molar-refractivity contribution in [3.05, 3.63) is 23.5 Å². The molecule has 0 N–H and O–H groups in total. The third kappa shape index (κ3) is 3.55. The number of hydrogen-bond acceptors (Lipinski definition) is 4. The first-order valence-electron chi connectivity index (χ1n) is 5.15. The minimum Gasteiger partial charge on any atom is -0.366 e. The topological polar surface area (TPSA) is 50.3 Å². The van der Waals surface area contributed by atoms with Gasteiger partial charge in [0.1, 0.15) is 15.5 Å². The minimum atomic E-state index is -3.41. The Morgan fingerprint density at radius 2 is 1.58 bits per heavy atom. The van der Waals surface area contributed by atoms with Crippen molar-refractivity contribution in [2.75, 3.05) is 24.0 Å². The molecule has 1 heterocycles. The lowest BCUT2D eigenvalue weighted by atomic mass is 10.2. The van der Waals surface area contributed by atoms with Crippen LogP contribution in [-0.2, 0) is 9.84 Å². The van der Waals surface area contributed by atoms with Crippen LogP contribution in [0.2, 0.25) is 0 Å². The van der Waals surface area contributed by atoms with Crippen LogP contribution in [0.25, 0.3) is 0 Å². The van der Waals surface area contributed by atoms with Crippen molar-refractivity contribution in [2.45, 2.75) is 13.0 Å². The fourth-order valence-corrected chi connectivity index (χ4v) is 2.66. The highest BCUT2D eigenvalue weighted by Crippen LogP contribution is 2.26. The van der Waals surface area contributed by atoms with Crippen molar-refractivity contribution >= 4 is 15.5 Å². The van der Waals surface area contributed by atoms with E-state index in [1.54, 1.807) is 0 Å². The molecule has 0 aliphatic heterocycles. The second kappa shape index (κ2) is 5.32. The molecule has 108 valence electrons. The molecule has 0 aliphatic carbocycles. The molecule has 4 nitrogen and oxygen atoms in total. The summed E-state index contributed by atoms with van der Waals surface area (Å²) in [5.41, 5.74) is -0.985. The first-order chi connectivity index (χ1) is 8.54. The van der Waals surface area contributed by atoms with Crippen LogP contribution in [0, 0.1) is 23.5 Å². The lowest BCUT2D eigenvalue weighted by Crippen LogP contribution is -2.36. The largest absolute Gasteiger partial charge is 0.366 e. The highest BCUT2D eigenvalue weighted by molar-refractivity contribution is 7.90. The lowest BCUT2D eigenvalue weighted by Gasteiger charge is -2.27. The Morgan fingerprint density at radius 1 is 1.16 bits per heavy atom. The van der Waals surface area contributed by atoms with Gasteiger partial charge in [0.25, 0.3) is 11.9 Å². The Hall–Kier alpha value is -1.38. The van der Waals surface area contributed by atoms with E-state index in [4.69, 9.17) is 0 Å². The number of sulfone groups is 1. The molecule has 1 aromatic rings. The summed E-state index contributed by atoms with van der Waals surface area (Å²) in [7, 11) is -2.28. The third-order valence-corrected chi connectivity index (χ3v) is 3.62. The average molecular weight is 300 g/mol. The van der Waals surface area contributed by atoms with Crippen molar-refractivity contribution in [3.8, 4) is 0 Å². The quantitative estimate of drug-likeness (QED) is 0.625. The van der Waals surface area contributed by atoms with Crippen molar-refractivity contribution < 1.29 is 26.0 Å². The Morgan fingerprint density at radius 3 is 1.95 bits per heavy atom. The number of anilines is 1. The molecule has 0 saturated heterocycles. The molecule has 0 spiro atoms. The summed E-state index contributed by atoms with van der Waals surface area (Å²) >= 11 is 0. The van der Waals surface area contributed by atoms with Crippen molar-refractivity contribution in [3.63, 3.8) is 0 Å². The molecular formula is C10H12F4N2O2S. The second-order valence-corrected chi connectivity index (χ2v) is 6.41. The van der Waals surface area contributed by atoms with Gasteiger partial charge >= 0.3 is 0 Å². The predicted octanol–water partition coefficient (Wildman–Crippen LogP) is 1.51. The van der Waals surface area contributed by atoms with E-state index in [9.17, 15) is 26.0 Å². The third-order valence-electron chi connectivity index (χ3n) is 2.53. The molecule has 1 atom stereocenters. The van der Waals surface area contributed by atoms with E-state index in [1.807, 2.05) is 0 Å². The maximum atomic E-state index is 13.5. The maximum absolute atomic E-state index is 13.5. The van der Waals surface area contributed by atoms with E-state index in [0.29, 0.717) is 0 Å². The normalized spacial score (nSPS) is 13.4. The molecule has 0 amide bonds. The maximum Gasteiger partial charge on any atom is 0.253 e. The minimum absolute atomic E-state index is 0.423. The summed E-state index contributed by atoms with van der Waals surface area (Å²) < 4.78 is 75.0. The zero-order valence-electron chi connectivity index (χ0n) is 10.4. The molecule has 0 bridgehead atoms. The van der Waals surface area contributed by atoms with Gasteiger partial charge in [0.15, 0.2) is 0 Å². The van der Waals surface area contributed by atoms with E-state index < -0.39 is 50.8 Å². The number of hydrogen-bond donors (Lipinski definition) is 0. The highest BCUT2D eigenvalue weighted by Gasteiger charge is 2.27. The molecule has 9 heteroatoms. The number of aromatic nitrogens is 1. The molecule has 0 aromatic carbocycles. The van der Waals surface area contributed by atoms with Crippen LogP contribution in [0.5, 0.6) is 0 Å². The van der Waals surface area contributed by atoms with Gasteiger partial charge in [0, 0.05) is 19.3 Å². The van der Waals surface area contributed by atoms with Gasteiger partial charge in [-0.05, 0) is 6.92 Å². The Balaban J connectivity index is 3.23. The molecule has 19 heavy (non-hydrogen) atoms. The molecule has 0 aliphatic rings. The molecule has 1 aromatic heterocycles. The van der Waals surface area contributed by atoms with Crippen LogP contribution in [0.3, 0.4) is 0 Å². The summed E-state index contributed by atoms with van der Waals surface area (Å²) in [6.07, 6.45) is 0.942. The fourth-order valence-electron chi connectivity index (χ4n) is 1.56. The molecule has 0 radical (unpaired) electrons. The standard InChI is InChI=1S/C10H12F4N2O2S/c1-5(4-19(3,17)18)16(2)8-6(11)9(13)15-10(14)7(8)12/h5H,4H2,1-3H3. The van der Waals surface area contributed by atoms with Gasteiger partial charge in [-0.2, -0.15) is 22.5 Å². The summed E-state index contributed by atoms with van der Waals surface area (Å²) in [6, 6.07) is -0.875. The van der Waals surface area contributed by atoms with Crippen LogP contribution in [0.15, 0.2) is 0 Å². The van der Waals surface area contributed by atoms with Crippen molar-refractivity contribution in [2.24, 2.45) is 0 Å². The number of pyridine rings is 1. The summed E-state index contributed by atoms with van der Waals surface area (Å²) in [5.74, 6) is -7.32.